The second kappa shape index (κ2) is 7.41. The largest absolute Gasteiger partial charge is 0.467 e. The van der Waals surface area contributed by atoms with Crippen molar-refractivity contribution in [3.8, 4) is 0 Å². The average Bonchev–Trinajstić information content (AvgIpc) is 3.40. The van der Waals surface area contributed by atoms with E-state index in [2.05, 4.69) is 4.98 Å². The van der Waals surface area contributed by atoms with Crippen LogP contribution in [0.2, 0.25) is 5.02 Å². The van der Waals surface area contributed by atoms with E-state index in [-0.39, 0.29) is 11.9 Å². The number of nitrogens with zero attached hydrogens (tertiary/aromatic N) is 4. The van der Waals surface area contributed by atoms with Gasteiger partial charge < -0.3 is 9.32 Å². The first kappa shape index (κ1) is 18.7. The Morgan fingerprint density at radius 3 is 2.68 bits per heavy atom. The van der Waals surface area contributed by atoms with Crippen LogP contribution in [-0.4, -0.2) is 35.6 Å². The molecule has 0 aliphatic carbocycles. The maximum atomic E-state index is 12.4. The van der Waals surface area contributed by atoms with Gasteiger partial charge in [-0.25, -0.2) is 9.99 Å². The van der Waals surface area contributed by atoms with Gasteiger partial charge in [0.05, 0.1) is 17.7 Å². The van der Waals surface area contributed by atoms with Gasteiger partial charge in [-0.05, 0) is 36.8 Å². The molecule has 1 aliphatic rings. The van der Waals surface area contributed by atoms with E-state index in [4.69, 9.17) is 21.1 Å². The van der Waals surface area contributed by atoms with Crippen LogP contribution in [0.5, 0.6) is 0 Å². The van der Waals surface area contributed by atoms with E-state index in [0.29, 0.717) is 27.1 Å². The first-order valence-electron chi connectivity index (χ1n) is 8.79. The van der Waals surface area contributed by atoms with Gasteiger partial charge >= 0.3 is 0 Å². The summed E-state index contributed by atoms with van der Waals surface area (Å²) in [6, 6.07) is 11.3. The van der Waals surface area contributed by atoms with E-state index < -0.39 is 0 Å². The van der Waals surface area contributed by atoms with Crippen molar-refractivity contribution < 1.29 is 9.21 Å². The molecule has 0 fully saturated rings. The lowest BCUT2D eigenvalue weighted by atomic mass is 10.0. The molecule has 0 spiro atoms. The van der Waals surface area contributed by atoms with Crippen molar-refractivity contribution >= 4 is 39.7 Å². The zero-order chi connectivity index (χ0) is 19.8. The summed E-state index contributed by atoms with van der Waals surface area (Å²) in [6.45, 7) is 1.85. The quantitative estimate of drug-likeness (QED) is 0.617. The molecule has 0 N–H and O–H groups in total. The molecule has 3 heterocycles. The van der Waals surface area contributed by atoms with Crippen LogP contribution in [-0.2, 0) is 0 Å². The Kier molecular flexibility index (Phi) is 4.95. The first-order valence-corrected chi connectivity index (χ1v) is 9.98. The second-order valence-corrected chi connectivity index (χ2v) is 8.16. The molecular formula is C20H19ClN4O2S. The Bertz CT molecular complexity index is 1030. The van der Waals surface area contributed by atoms with Crippen molar-refractivity contribution in [2.24, 2.45) is 5.10 Å². The monoisotopic (exact) mass is 414 g/mol. The molecule has 0 saturated heterocycles. The number of rotatable bonds is 4. The molecule has 1 aliphatic heterocycles. The Hall–Kier alpha value is -2.64. The fourth-order valence-electron chi connectivity index (χ4n) is 3.09. The third-order valence-electron chi connectivity index (χ3n) is 4.54. The van der Waals surface area contributed by atoms with Gasteiger partial charge in [0.15, 0.2) is 0 Å². The number of hydrogen-bond acceptors (Lipinski definition) is 6. The van der Waals surface area contributed by atoms with E-state index in [0.717, 1.165) is 17.0 Å². The third kappa shape index (κ3) is 3.43. The van der Waals surface area contributed by atoms with Gasteiger partial charge in [-0.2, -0.15) is 5.10 Å². The lowest BCUT2D eigenvalue weighted by Gasteiger charge is -2.18. The van der Waals surface area contributed by atoms with Crippen molar-refractivity contribution in [3.05, 3.63) is 69.6 Å². The minimum Gasteiger partial charge on any atom is -0.467 e. The van der Waals surface area contributed by atoms with Crippen LogP contribution in [0.4, 0.5) is 5.13 Å². The van der Waals surface area contributed by atoms with Gasteiger partial charge in [0, 0.05) is 25.5 Å². The molecule has 0 saturated carbocycles. The number of furan rings is 1. The predicted octanol–water partition coefficient (Wildman–Crippen LogP) is 4.76. The van der Waals surface area contributed by atoms with E-state index in [9.17, 15) is 4.79 Å². The first-order chi connectivity index (χ1) is 13.4. The molecule has 3 aromatic rings. The summed E-state index contributed by atoms with van der Waals surface area (Å²) >= 11 is 7.37. The standard InChI is InChI=1S/C20H19ClN4O2S/c1-12-18(19(26)24(2)3)28-20(22-12)25-16(17-5-4-10-27-17)11-15(23-25)13-6-8-14(21)9-7-13/h4-10,16H,11H2,1-3H3/t16-/m1/s1. The number of aromatic nitrogens is 1. The topological polar surface area (TPSA) is 61.9 Å². The van der Waals surface area contributed by atoms with Crippen LogP contribution in [0.25, 0.3) is 0 Å². The molecule has 1 atom stereocenters. The predicted molar refractivity (Wildman–Crippen MR) is 111 cm³/mol. The minimum absolute atomic E-state index is 0.0584. The Morgan fingerprint density at radius 2 is 2.04 bits per heavy atom. The Balaban J connectivity index is 1.74. The van der Waals surface area contributed by atoms with Crippen LogP contribution in [0.15, 0.2) is 52.2 Å². The summed E-state index contributed by atoms with van der Waals surface area (Å²) < 4.78 is 5.66. The number of aryl methyl sites for hydroxylation is 1. The van der Waals surface area contributed by atoms with E-state index in [1.165, 1.54) is 11.3 Å². The average molecular weight is 415 g/mol. The van der Waals surface area contributed by atoms with Crippen molar-refractivity contribution in [2.75, 3.05) is 19.1 Å². The molecule has 2 aromatic heterocycles. The van der Waals surface area contributed by atoms with Crippen molar-refractivity contribution in [1.29, 1.82) is 0 Å². The number of halogens is 1. The molecule has 144 valence electrons. The third-order valence-corrected chi connectivity index (χ3v) is 5.93. The van der Waals surface area contributed by atoms with Crippen molar-refractivity contribution in [1.82, 2.24) is 9.88 Å². The smallest absolute Gasteiger partial charge is 0.265 e. The number of carbonyl (C=O) groups is 1. The highest BCUT2D eigenvalue weighted by molar-refractivity contribution is 7.17. The number of hydrazone groups is 1. The van der Waals surface area contributed by atoms with E-state index in [1.807, 2.05) is 48.3 Å². The van der Waals surface area contributed by atoms with Crippen molar-refractivity contribution in [3.63, 3.8) is 0 Å². The SMILES string of the molecule is Cc1nc(N2N=C(c3ccc(Cl)cc3)C[C@@H]2c2ccco2)sc1C(=O)N(C)C. The van der Waals surface area contributed by atoms with Crippen LogP contribution >= 0.6 is 22.9 Å². The van der Waals surface area contributed by atoms with Crippen LogP contribution in [0, 0.1) is 6.92 Å². The molecule has 0 radical (unpaired) electrons. The summed E-state index contributed by atoms with van der Waals surface area (Å²) in [7, 11) is 3.47. The van der Waals surface area contributed by atoms with Gasteiger partial charge in [0.2, 0.25) is 5.13 Å². The highest BCUT2D eigenvalue weighted by atomic mass is 35.5. The fourth-order valence-corrected chi connectivity index (χ4v) is 4.30. The van der Waals surface area contributed by atoms with Crippen LogP contribution in [0.1, 0.15) is 39.2 Å². The number of hydrogen-bond donors (Lipinski definition) is 0. The number of benzene rings is 1. The summed E-state index contributed by atoms with van der Waals surface area (Å²) in [5.41, 5.74) is 2.62. The summed E-state index contributed by atoms with van der Waals surface area (Å²) in [6.07, 6.45) is 2.33. The molecule has 1 aromatic carbocycles. The zero-order valence-corrected chi connectivity index (χ0v) is 17.3. The van der Waals surface area contributed by atoms with Crippen molar-refractivity contribution in [2.45, 2.75) is 19.4 Å². The number of amides is 1. The molecule has 4 rings (SSSR count). The summed E-state index contributed by atoms with van der Waals surface area (Å²) in [5, 5.41) is 8.04. The Labute approximate surface area is 172 Å². The van der Waals surface area contributed by atoms with Gasteiger partial charge in [-0.15, -0.1) is 0 Å². The van der Waals surface area contributed by atoms with Gasteiger partial charge in [-0.1, -0.05) is 35.1 Å². The maximum Gasteiger partial charge on any atom is 0.265 e. The van der Waals surface area contributed by atoms with Crippen LogP contribution in [0.3, 0.4) is 0 Å². The maximum absolute atomic E-state index is 12.4. The lowest BCUT2D eigenvalue weighted by Crippen LogP contribution is -2.21. The van der Waals surface area contributed by atoms with E-state index >= 15 is 0 Å². The molecule has 0 unspecified atom stereocenters. The molecule has 1 amide bonds. The summed E-state index contributed by atoms with van der Waals surface area (Å²) in [4.78, 5) is 19.2. The number of thiazole rings is 1. The Morgan fingerprint density at radius 1 is 1.29 bits per heavy atom. The molecule has 6 nitrogen and oxygen atoms in total. The number of carbonyl (C=O) groups excluding carboxylic acids is 1. The van der Waals surface area contributed by atoms with Crippen LogP contribution < -0.4 is 5.01 Å². The molecule has 0 bridgehead atoms. The van der Waals surface area contributed by atoms with E-state index in [1.54, 1.807) is 25.3 Å². The molecular weight excluding hydrogens is 396 g/mol. The summed E-state index contributed by atoms with van der Waals surface area (Å²) in [5.74, 6) is 0.748. The van der Waals surface area contributed by atoms with Gasteiger partial charge in [-0.3, -0.25) is 4.79 Å². The highest BCUT2D eigenvalue weighted by Crippen LogP contribution is 2.39. The highest BCUT2D eigenvalue weighted by Gasteiger charge is 2.34. The normalized spacial score (nSPS) is 16.4. The molecule has 8 heteroatoms. The fraction of sp³-hybridized carbons (Fsp3) is 0.250. The van der Waals surface area contributed by atoms with Gasteiger partial charge in [0.25, 0.3) is 5.91 Å². The second-order valence-electron chi connectivity index (χ2n) is 6.74. The molecule has 28 heavy (non-hydrogen) atoms. The minimum atomic E-state index is -0.117. The lowest BCUT2D eigenvalue weighted by molar-refractivity contribution is 0.0831. The zero-order valence-electron chi connectivity index (χ0n) is 15.7. The van der Waals surface area contributed by atoms with Gasteiger partial charge in [0.1, 0.15) is 16.7 Å². The number of anilines is 1.